The summed E-state index contributed by atoms with van der Waals surface area (Å²) in [5.74, 6) is -1.99. The summed E-state index contributed by atoms with van der Waals surface area (Å²) in [5, 5.41) is 9.11. The van der Waals surface area contributed by atoms with E-state index in [2.05, 4.69) is 25.9 Å². The number of aliphatic carboxylic acids is 1. The normalized spacial score (nSPS) is 11.0. The Bertz CT molecular complexity index is 903. The van der Waals surface area contributed by atoms with Gasteiger partial charge < -0.3 is 22.3 Å². The third kappa shape index (κ3) is 4.90. The quantitative estimate of drug-likeness (QED) is 0.328. The van der Waals surface area contributed by atoms with Crippen molar-refractivity contribution in [1.29, 1.82) is 0 Å². The fourth-order valence-corrected chi connectivity index (χ4v) is 2.51. The van der Waals surface area contributed by atoms with Crippen LogP contribution < -0.4 is 17.2 Å². The zero-order chi connectivity index (χ0) is 19.3. The summed E-state index contributed by atoms with van der Waals surface area (Å²) in [6.45, 7) is 0. The Morgan fingerprint density at radius 1 is 1.04 bits per heavy atom. The highest BCUT2D eigenvalue weighted by atomic mass is 79.9. The molecule has 0 aliphatic heterocycles. The lowest BCUT2D eigenvalue weighted by atomic mass is 9.97. The molecule has 0 radical (unpaired) electrons. The molecule has 0 amide bonds. The van der Waals surface area contributed by atoms with Gasteiger partial charge in [0.1, 0.15) is 0 Å². The molecule has 0 atom stereocenters. The first kappa shape index (κ1) is 19.1. The van der Waals surface area contributed by atoms with Crippen LogP contribution in [0, 0.1) is 0 Å². The van der Waals surface area contributed by atoms with Crippen molar-refractivity contribution >= 4 is 45.3 Å². The number of nitrogens with two attached hydrogens (primary N) is 3. The number of para-hydroxylation sites is 1. The molecule has 26 heavy (non-hydrogen) atoms. The highest BCUT2D eigenvalue weighted by Gasteiger charge is 2.18. The average Bonchev–Trinajstić information content (AvgIpc) is 2.55. The first-order chi connectivity index (χ1) is 12.3. The lowest BCUT2D eigenvalue weighted by Gasteiger charge is -2.10. The molecule has 7 N–H and O–H groups in total. The minimum absolute atomic E-state index is 0.116. The van der Waals surface area contributed by atoms with Gasteiger partial charge >= 0.3 is 5.97 Å². The number of hydrogen-bond acceptors (Lipinski definition) is 3. The largest absolute Gasteiger partial charge is 0.481 e. The molecule has 134 valence electrons. The molecule has 0 fully saturated rings. The van der Waals surface area contributed by atoms with E-state index in [4.69, 9.17) is 22.3 Å². The molecule has 9 heteroatoms. The Morgan fingerprint density at radius 3 is 2.27 bits per heavy atom. The van der Waals surface area contributed by atoms with Crippen LogP contribution >= 0.6 is 15.9 Å². The number of carboxylic acid groups (broad SMARTS) is 1. The summed E-state index contributed by atoms with van der Waals surface area (Å²) in [6, 6.07) is 11.4. The summed E-state index contributed by atoms with van der Waals surface area (Å²) in [4.78, 5) is 31.7. The van der Waals surface area contributed by atoms with Gasteiger partial charge in [-0.1, -0.05) is 28.1 Å². The highest BCUT2D eigenvalue weighted by molar-refractivity contribution is 9.10. The Balaban J connectivity index is 2.61. The molecule has 0 spiro atoms. The molecular formula is C17H16BrN5O3. The summed E-state index contributed by atoms with van der Waals surface area (Å²) in [6.07, 6.45) is -0.338. The number of nitrogens with zero attached hydrogens (tertiary/aromatic N) is 2. The molecule has 0 saturated carbocycles. The van der Waals surface area contributed by atoms with Gasteiger partial charge in [0, 0.05) is 15.6 Å². The number of carbonyl (C=O) groups excluding carboxylic acids is 1. The first-order valence-corrected chi connectivity index (χ1v) is 8.15. The molecule has 0 aliphatic rings. The van der Waals surface area contributed by atoms with Gasteiger partial charge in [-0.3, -0.25) is 9.59 Å². The number of benzene rings is 2. The van der Waals surface area contributed by atoms with Crippen LogP contribution in [0.25, 0.3) is 0 Å². The minimum Gasteiger partial charge on any atom is -0.481 e. The number of aliphatic imine (C=N–C) groups is 2. The lowest BCUT2D eigenvalue weighted by Crippen LogP contribution is -2.26. The summed E-state index contributed by atoms with van der Waals surface area (Å²) >= 11 is 3.31. The van der Waals surface area contributed by atoms with Crippen LogP contribution in [0.5, 0.6) is 0 Å². The Kier molecular flexibility index (Phi) is 6.07. The second kappa shape index (κ2) is 8.26. The van der Waals surface area contributed by atoms with E-state index in [1.165, 1.54) is 6.07 Å². The van der Waals surface area contributed by atoms with E-state index in [1.807, 2.05) is 0 Å². The van der Waals surface area contributed by atoms with Crippen molar-refractivity contribution < 1.29 is 14.7 Å². The van der Waals surface area contributed by atoms with Crippen molar-refractivity contribution in [3.8, 4) is 0 Å². The van der Waals surface area contributed by atoms with Crippen LogP contribution in [-0.2, 0) is 11.2 Å². The molecule has 0 aliphatic carbocycles. The number of rotatable bonds is 5. The zero-order valence-corrected chi connectivity index (χ0v) is 15.1. The van der Waals surface area contributed by atoms with Crippen LogP contribution in [0.4, 0.5) is 5.69 Å². The average molecular weight is 418 g/mol. The van der Waals surface area contributed by atoms with Crippen LogP contribution in [0.15, 0.2) is 56.9 Å². The Hall–Kier alpha value is -3.20. The maximum atomic E-state index is 12.9. The maximum absolute atomic E-state index is 12.9. The molecule has 0 aromatic heterocycles. The van der Waals surface area contributed by atoms with Gasteiger partial charge in [0.2, 0.25) is 5.96 Å². The van der Waals surface area contributed by atoms with Gasteiger partial charge in [-0.15, -0.1) is 0 Å². The smallest absolute Gasteiger partial charge is 0.307 e. The molecule has 8 nitrogen and oxygen atoms in total. The molecule has 2 aromatic rings. The van der Waals surface area contributed by atoms with Crippen molar-refractivity contribution in [3.63, 3.8) is 0 Å². The standard InChI is InChI=1S/C17H16BrN5O3/c18-11-6-4-9(5-7-11)15(26)12-3-1-2-10(8-13(24)25)14(12)22-17(21)23-16(19)20/h1-7H,8H2,(H,24,25)(H6,19,20,21,22,23). The van der Waals surface area contributed by atoms with Gasteiger partial charge in [-0.2, -0.15) is 4.99 Å². The van der Waals surface area contributed by atoms with Crippen molar-refractivity contribution in [2.75, 3.05) is 0 Å². The zero-order valence-electron chi connectivity index (χ0n) is 13.5. The van der Waals surface area contributed by atoms with Crippen LogP contribution in [0.3, 0.4) is 0 Å². The van der Waals surface area contributed by atoms with E-state index >= 15 is 0 Å². The predicted molar refractivity (Wildman–Crippen MR) is 102 cm³/mol. The molecule has 2 aromatic carbocycles. The molecule has 0 unspecified atom stereocenters. The van der Waals surface area contributed by atoms with Gasteiger partial charge in [0.25, 0.3) is 0 Å². The van der Waals surface area contributed by atoms with Gasteiger partial charge in [0.05, 0.1) is 12.1 Å². The summed E-state index contributed by atoms with van der Waals surface area (Å²) in [7, 11) is 0. The van der Waals surface area contributed by atoms with E-state index in [9.17, 15) is 9.59 Å². The Morgan fingerprint density at radius 2 is 1.69 bits per heavy atom. The van der Waals surface area contributed by atoms with E-state index in [-0.39, 0.29) is 35.4 Å². The number of carboxylic acids is 1. The van der Waals surface area contributed by atoms with E-state index in [1.54, 1.807) is 36.4 Å². The number of guanidine groups is 2. The second-order valence-electron chi connectivity index (χ2n) is 5.23. The van der Waals surface area contributed by atoms with Gasteiger partial charge in [0.15, 0.2) is 11.7 Å². The van der Waals surface area contributed by atoms with Crippen molar-refractivity contribution in [3.05, 3.63) is 63.6 Å². The van der Waals surface area contributed by atoms with Gasteiger partial charge in [-0.25, -0.2) is 4.99 Å². The van der Waals surface area contributed by atoms with Crippen molar-refractivity contribution in [2.45, 2.75) is 6.42 Å². The molecule has 0 saturated heterocycles. The van der Waals surface area contributed by atoms with E-state index in [0.717, 1.165) is 4.47 Å². The third-order valence-electron chi connectivity index (χ3n) is 3.28. The van der Waals surface area contributed by atoms with Crippen LogP contribution in [0.2, 0.25) is 0 Å². The number of hydrogen-bond donors (Lipinski definition) is 4. The van der Waals surface area contributed by atoms with Crippen LogP contribution in [-0.4, -0.2) is 28.8 Å². The summed E-state index contributed by atoms with van der Waals surface area (Å²) < 4.78 is 0.823. The third-order valence-corrected chi connectivity index (χ3v) is 3.81. The number of ketones is 1. The maximum Gasteiger partial charge on any atom is 0.307 e. The summed E-state index contributed by atoms with van der Waals surface area (Å²) in [5.41, 5.74) is 17.3. The van der Waals surface area contributed by atoms with E-state index in [0.29, 0.717) is 11.1 Å². The highest BCUT2D eigenvalue weighted by Crippen LogP contribution is 2.28. The SMILES string of the molecule is NC(N)=NC(N)=Nc1c(CC(=O)O)cccc1C(=O)c1ccc(Br)cc1. The lowest BCUT2D eigenvalue weighted by molar-refractivity contribution is -0.136. The van der Waals surface area contributed by atoms with Gasteiger partial charge in [-0.05, 0) is 35.9 Å². The molecule has 0 bridgehead atoms. The molecule has 2 rings (SSSR count). The van der Waals surface area contributed by atoms with E-state index < -0.39 is 5.97 Å². The van der Waals surface area contributed by atoms with Crippen LogP contribution in [0.1, 0.15) is 21.5 Å². The fourth-order valence-electron chi connectivity index (χ4n) is 2.24. The topological polar surface area (TPSA) is 157 Å². The predicted octanol–water partition coefficient (Wildman–Crippen LogP) is 1.53. The van der Waals surface area contributed by atoms with Crippen molar-refractivity contribution in [1.82, 2.24) is 0 Å². The monoisotopic (exact) mass is 417 g/mol. The fraction of sp³-hybridized carbons (Fsp3) is 0.0588. The Labute approximate surface area is 157 Å². The molecular weight excluding hydrogens is 402 g/mol. The molecule has 0 heterocycles. The number of carbonyl (C=O) groups is 2. The number of halogens is 1. The minimum atomic E-state index is -1.07. The first-order valence-electron chi connectivity index (χ1n) is 7.35. The van der Waals surface area contributed by atoms with Crippen molar-refractivity contribution in [2.24, 2.45) is 27.2 Å². The second-order valence-corrected chi connectivity index (χ2v) is 6.14.